The molecule has 0 fully saturated rings. The number of ether oxygens (including phenoxy) is 2. The molecule has 0 unspecified atom stereocenters. The van der Waals surface area contributed by atoms with Crippen LogP contribution in [0.15, 0.2) is 91.0 Å². The zero-order valence-corrected chi connectivity index (χ0v) is 17.8. The summed E-state index contributed by atoms with van der Waals surface area (Å²) in [5, 5.41) is 2.11. The molecule has 0 aliphatic heterocycles. The van der Waals surface area contributed by atoms with E-state index in [-0.39, 0.29) is 18.8 Å². The van der Waals surface area contributed by atoms with E-state index in [0.29, 0.717) is 11.5 Å². The number of aromatic nitrogens is 2. The fourth-order valence-corrected chi connectivity index (χ4v) is 3.65. The number of benzene rings is 3. The Morgan fingerprint density at radius 3 is 1.85 bits per heavy atom. The summed E-state index contributed by atoms with van der Waals surface area (Å²) in [5.41, 5.74) is 9.11. The van der Waals surface area contributed by atoms with Gasteiger partial charge in [0, 0.05) is 10.8 Å². The molecule has 33 heavy (non-hydrogen) atoms. The second-order valence-electron chi connectivity index (χ2n) is 7.57. The van der Waals surface area contributed by atoms with Gasteiger partial charge in [-0.2, -0.15) is 0 Å². The topological polar surface area (TPSA) is 87.3 Å². The number of rotatable bonds is 7. The molecule has 0 atom stereocenters. The number of hydrogen-bond acceptors (Lipinski definition) is 5. The number of nitrogens with two attached hydrogens (primary N) is 1. The van der Waals surface area contributed by atoms with Crippen molar-refractivity contribution in [1.29, 1.82) is 0 Å². The Labute approximate surface area is 190 Å². The number of carbonyl (C=O) groups is 1. The minimum atomic E-state index is -0.592. The fourth-order valence-electron chi connectivity index (χ4n) is 3.65. The molecule has 0 saturated heterocycles. The van der Waals surface area contributed by atoms with Crippen LogP contribution in [0.25, 0.3) is 21.8 Å². The highest BCUT2D eigenvalue weighted by molar-refractivity contribution is 5.96. The van der Waals surface area contributed by atoms with Crippen LogP contribution in [0.3, 0.4) is 0 Å². The van der Waals surface area contributed by atoms with E-state index in [1.54, 1.807) is 18.2 Å². The second kappa shape index (κ2) is 8.96. The van der Waals surface area contributed by atoms with Gasteiger partial charge in [0.1, 0.15) is 13.2 Å². The molecule has 0 aliphatic rings. The monoisotopic (exact) mass is 435 g/mol. The highest BCUT2D eigenvalue weighted by atomic mass is 16.5. The van der Waals surface area contributed by atoms with Crippen molar-refractivity contribution >= 4 is 27.7 Å². The lowest BCUT2D eigenvalue weighted by molar-refractivity contribution is 0.0994. The molecule has 0 bridgehead atoms. The standard InChI is InChI=1S/C27H21N3O3/c28-27(31)22-8-5-11-25(32-16-20-14-12-18-6-1-3-9-23(18)29-20)26(22)33-17-21-15-13-19-7-2-4-10-24(19)30-21/h1-15H,16-17H2,(H2,28,31). The molecule has 0 aliphatic carbocycles. The van der Waals surface area contributed by atoms with Crippen LogP contribution in [0.5, 0.6) is 11.5 Å². The Bertz CT molecular complexity index is 1470. The summed E-state index contributed by atoms with van der Waals surface area (Å²) in [4.78, 5) is 21.3. The van der Waals surface area contributed by atoms with Crippen molar-refractivity contribution < 1.29 is 14.3 Å². The van der Waals surface area contributed by atoms with E-state index >= 15 is 0 Å². The quantitative estimate of drug-likeness (QED) is 0.387. The van der Waals surface area contributed by atoms with Crippen LogP contribution in [-0.4, -0.2) is 15.9 Å². The molecule has 0 saturated carbocycles. The van der Waals surface area contributed by atoms with Crippen LogP contribution in [0.2, 0.25) is 0 Å². The molecular formula is C27H21N3O3. The Balaban J connectivity index is 1.38. The van der Waals surface area contributed by atoms with Crippen LogP contribution < -0.4 is 15.2 Å². The normalized spacial score (nSPS) is 10.9. The van der Waals surface area contributed by atoms with Crippen LogP contribution >= 0.6 is 0 Å². The maximum atomic E-state index is 12.0. The average Bonchev–Trinajstić information content (AvgIpc) is 2.86. The zero-order valence-electron chi connectivity index (χ0n) is 17.8. The summed E-state index contributed by atoms with van der Waals surface area (Å²) in [6.45, 7) is 0.386. The summed E-state index contributed by atoms with van der Waals surface area (Å²) >= 11 is 0. The highest BCUT2D eigenvalue weighted by Crippen LogP contribution is 2.32. The molecule has 3 aromatic carbocycles. The first-order valence-corrected chi connectivity index (χ1v) is 10.6. The first-order chi connectivity index (χ1) is 16.2. The molecule has 2 N–H and O–H groups in total. The maximum absolute atomic E-state index is 12.0. The summed E-state index contributed by atoms with van der Waals surface area (Å²) in [6, 6.07) is 28.6. The smallest absolute Gasteiger partial charge is 0.252 e. The summed E-state index contributed by atoms with van der Waals surface area (Å²) in [6.07, 6.45) is 0. The fraction of sp³-hybridized carbons (Fsp3) is 0.0741. The molecular weight excluding hydrogens is 414 g/mol. The highest BCUT2D eigenvalue weighted by Gasteiger charge is 2.16. The predicted molar refractivity (Wildman–Crippen MR) is 127 cm³/mol. The van der Waals surface area contributed by atoms with E-state index in [4.69, 9.17) is 15.2 Å². The van der Waals surface area contributed by atoms with E-state index in [2.05, 4.69) is 9.97 Å². The van der Waals surface area contributed by atoms with E-state index in [0.717, 1.165) is 33.2 Å². The number of amides is 1. The number of nitrogens with zero attached hydrogens (tertiary/aromatic N) is 2. The van der Waals surface area contributed by atoms with Crippen LogP contribution in [0, 0.1) is 0 Å². The van der Waals surface area contributed by atoms with Crippen molar-refractivity contribution in [2.24, 2.45) is 5.73 Å². The van der Waals surface area contributed by atoms with Crippen LogP contribution in [-0.2, 0) is 13.2 Å². The molecule has 162 valence electrons. The minimum absolute atomic E-state index is 0.166. The minimum Gasteiger partial charge on any atom is -0.483 e. The van der Waals surface area contributed by atoms with E-state index in [9.17, 15) is 4.79 Å². The van der Waals surface area contributed by atoms with Crippen molar-refractivity contribution in [3.8, 4) is 11.5 Å². The number of primary amides is 1. The first-order valence-electron chi connectivity index (χ1n) is 10.6. The van der Waals surface area contributed by atoms with E-state index in [1.807, 2.05) is 72.8 Å². The lowest BCUT2D eigenvalue weighted by Gasteiger charge is -2.15. The molecule has 5 aromatic rings. The number of fused-ring (bicyclic) bond motifs is 2. The van der Waals surface area contributed by atoms with Gasteiger partial charge in [-0.3, -0.25) is 4.79 Å². The predicted octanol–water partition coefficient (Wildman–Crippen LogP) is 5.04. The van der Waals surface area contributed by atoms with Gasteiger partial charge in [-0.1, -0.05) is 54.6 Å². The largest absolute Gasteiger partial charge is 0.483 e. The summed E-state index contributed by atoms with van der Waals surface area (Å²) < 4.78 is 12.0. The number of para-hydroxylation sites is 3. The molecule has 2 heterocycles. The van der Waals surface area contributed by atoms with Gasteiger partial charge in [0.05, 0.1) is 28.0 Å². The molecule has 0 spiro atoms. The van der Waals surface area contributed by atoms with Crippen molar-refractivity contribution in [3.63, 3.8) is 0 Å². The van der Waals surface area contributed by atoms with Gasteiger partial charge in [-0.25, -0.2) is 9.97 Å². The van der Waals surface area contributed by atoms with Gasteiger partial charge in [-0.15, -0.1) is 0 Å². The Hall–Kier alpha value is -4.45. The van der Waals surface area contributed by atoms with Gasteiger partial charge in [-0.05, 0) is 36.4 Å². The van der Waals surface area contributed by atoms with Crippen molar-refractivity contribution in [2.45, 2.75) is 13.2 Å². The van der Waals surface area contributed by atoms with Crippen LogP contribution in [0.1, 0.15) is 21.7 Å². The van der Waals surface area contributed by atoms with Crippen molar-refractivity contribution in [1.82, 2.24) is 9.97 Å². The van der Waals surface area contributed by atoms with E-state index in [1.165, 1.54) is 0 Å². The van der Waals surface area contributed by atoms with Gasteiger partial charge in [0.15, 0.2) is 11.5 Å². The third kappa shape index (κ3) is 4.45. The third-order valence-corrected chi connectivity index (χ3v) is 5.30. The van der Waals surface area contributed by atoms with E-state index < -0.39 is 5.91 Å². The van der Waals surface area contributed by atoms with Gasteiger partial charge < -0.3 is 15.2 Å². The second-order valence-corrected chi connectivity index (χ2v) is 7.57. The maximum Gasteiger partial charge on any atom is 0.252 e. The van der Waals surface area contributed by atoms with Gasteiger partial charge in [0.25, 0.3) is 5.91 Å². The Kier molecular flexibility index (Phi) is 5.55. The van der Waals surface area contributed by atoms with Crippen molar-refractivity contribution in [3.05, 3.63) is 108 Å². The molecule has 5 rings (SSSR count). The molecule has 1 amide bonds. The van der Waals surface area contributed by atoms with Crippen molar-refractivity contribution in [2.75, 3.05) is 0 Å². The third-order valence-electron chi connectivity index (χ3n) is 5.30. The average molecular weight is 435 g/mol. The Morgan fingerprint density at radius 1 is 0.667 bits per heavy atom. The van der Waals surface area contributed by atoms with Crippen LogP contribution in [0.4, 0.5) is 0 Å². The lowest BCUT2D eigenvalue weighted by Crippen LogP contribution is -2.14. The zero-order chi connectivity index (χ0) is 22.6. The lowest BCUT2D eigenvalue weighted by atomic mass is 10.1. The molecule has 2 aromatic heterocycles. The summed E-state index contributed by atoms with van der Waals surface area (Å²) in [5.74, 6) is 0.119. The molecule has 6 heteroatoms. The SMILES string of the molecule is NC(=O)c1cccc(OCc2ccc3ccccc3n2)c1OCc1ccc2ccccc2n1. The number of hydrogen-bond donors (Lipinski definition) is 1. The van der Waals surface area contributed by atoms with Gasteiger partial charge >= 0.3 is 0 Å². The molecule has 6 nitrogen and oxygen atoms in total. The Morgan fingerprint density at radius 2 is 1.24 bits per heavy atom. The number of pyridine rings is 2. The summed E-state index contributed by atoms with van der Waals surface area (Å²) in [7, 11) is 0. The number of carbonyl (C=O) groups excluding carboxylic acids is 1. The first kappa shape index (κ1) is 20.5. The molecule has 0 radical (unpaired) electrons. The van der Waals surface area contributed by atoms with Gasteiger partial charge in [0.2, 0.25) is 0 Å².